The number of halogens is 1. The van der Waals surface area contributed by atoms with Gasteiger partial charge in [0.15, 0.2) is 0 Å². The van der Waals surface area contributed by atoms with Gasteiger partial charge in [0.05, 0.1) is 11.3 Å². The second-order valence-electron chi connectivity index (χ2n) is 5.11. The molecular formula is C12H22ClN3O. The Kier molecular flexibility index (Phi) is 4.58. The van der Waals surface area contributed by atoms with Crippen molar-refractivity contribution in [3.8, 4) is 0 Å². The van der Waals surface area contributed by atoms with Crippen LogP contribution >= 0.6 is 11.6 Å². The Hall–Kier alpha value is -0.580. The Bertz CT molecular complexity index is 387. The first-order valence-corrected chi connectivity index (χ1v) is 6.13. The van der Waals surface area contributed by atoms with E-state index >= 15 is 0 Å². The molecule has 0 aliphatic heterocycles. The van der Waals surface area contributed by atoms with Crippen LogP contribution in [0.5, 0.6) is 0 Å². The highest BCUT2D eigenvalue weighted by Gasteiger charge is 2.22. The molecule has 0 amide bonds. The molecule has 98 valence electrons. The predicted molar refractivity (Wildman–Crippen MR) is 70.3 cm³/mol. The summed E-state index contributed by atoms with van der Waals surface area (Å²) in [6.07, 6.45) is 1.51. The molecule has 0 radical (unpaired) electrons. The number of hydrogen-bond acceptors (Lipinski definition) is 3. The van der Waals surface area contributed by atoms with Crippen LogP contribution in [0.2, 0.25) is 5.15 Å². The van der Waals surface area contributed by atoms with E-state index < -0.39 is 0 Å². The van der Waals surface area contributed by atoms with Gasteiger partial charge in [0.25, 0.3) is 0 Å². The first-order chi connectivity index (χ1) is 7.76. The van der Waals surface area contributed by atoms with E-state index in [2.05, 4.69) is 5.10 Å². The Morgan fingerprint density at radius 2 is 2.12 bits per heavy atom. The lowest BCUT2D eigenvalue weighted by molar-refractivity contribution is 0.0102. The van der Waals surface area contributed by atoms with E-state index in [-0.39, 0.29) is 11.6 Å². The molecule has 17 heavy (non-hydrogen) atoms. The van der Waals surface area contributed by atoms with Gasteiger partial charge in [-0.25, -0.2) is 0 Å². The van der Waals surface area contributed by atoms with E-state index in [9.17, 15) is 0 Å². The van der Waals surface area contributed by atoms with Crippen LogP contribution in [0.15, 0.2) is 0 Å². The Morgan fingerprint density at radius 3 is 2.53 bits per heavy atom. The summed E-state index contributed by atoms with van der Waals surface area (Å²) in [5.41, 5.74) is 7.92. The fourth-order valence-corrected chi connectivity index (χ4v) is 2.21. The number of hydrogen-bond donors (Lipinski definition) is 1. The summed E-state index contributed by atoms with van der Waals surface area (Å²) >= 11 is 6.18. The predicted octanol–water partition coefficient (Wildman–Crippen LogP) is 2.07. The van der Waals surface area contributed by atoms with Crippen LogP contribution in [0.25, 0.3) is 0 Å². The van der Waals surface area contributed by atoms with Crippen molar-refractivity contribution in [2.45, 2.75) is 45.3 Å². The summed E-state index contributed by atoms with van der Waals surface area (Å²) in [7, 11) is 3.54. The molecule has 0 fully saturated rings. The zero-order valence-electron chi connectivity index (χ0n) is 11.2. The molecule has 1 unspecified atom stereocenters. The molecule has 1 atom stereocenters. The van der Waals surface area contributed by atoms with Crippen molar-refractivity contribution < 1.29 is 4.74 Å². The van der Waals surface area contributed by atoms with Gasteiger partial charge < -0.3 is 10.5 Å². The highest BCUT2D eigenvalue weighted by atomic mass is 35.5. The van der Waals surface area contributed by atoms with Crippen molar-refractivity contribution in [2.75, 3.05) is 7.11 Å². The minimum absolute atomic E-state index is 0.0188. The third kappa shape index (κ3) is 3.69. The number of nitrogens with zero attached hydrogens (tertiary/aromatic N) is 2. The van der Waals surface area contributed by atoms with Gasteiger partial charge in [-0.05, 0) is 33.6 Å². The summed E-state index contributed by atoms with van der Waals surface area (Å²) in [6, 6.07) is 0.0188. The highest BCUT2D eigenvalue weighted by molar-refractivity contribution is 6.30. The molecular weight excluding hydrogens is 238 g/mol. The normalized spacial score (nSPS) is 14.1. The second-order valence-corrected chi connectivity index (χ2v) is 5.47. The van der Waals surface area contributed by atoms with Crippen molar-refractivity contribution in [3.05, 3.63) is 16.4 Å². The van der Waals surface area contributed by atoms with E-state index in [1.54, 1.807) is 11.8 Å². The lowest BCUT2D eigenvalue weighted by atomic mass is 9.95. The standard InChI is InChI=1S/C12H22ClN3O/c1-8-10(11(13)16(4)15-8)6-9(14)7-12(2,3)17-5/h9H,6-7,14H2,1-5H3. The van der Waals surface area contributed by atoms with E-state index in [1.165, 1.54) is 0 Å². The molecule has 1 rings (SSSR count). The van der Waals surface area contributed by atoms with Gasteiger partial charge in [0.1, 0.15) is 5.15 Å². The van der Waals surface area contributed by atoms with Crippen molar-refractivity contribution in [1.82, 2.24) is 9.78 Å². The van der Waals surface area contributed by atoms with Gasteiger partial charge in [0, 0.05) is 25.8 Å². The van der Waals surface area contributed by atoms with Crippen LogP contribution < -0.4 is 5.73 Å². The molecule has 0 aromatic carbocycles. The number of methoxy groups -OCH3 is 1. The lowest BCUT2D eigenvalue weighted by Crippen LogP contribution is -2.35. The Balaban J connectivity index is 2.71. The molecule has 5 heteroatoms. The first kappa shape index (κ1) is 14.5. The third-order valence-corrected chi connectivity index (χ3v) is 3.52. The Morgan fingerprint density at radius 1 is 1.53 bits per heavy atom. The maximum atomic E-state index is 6.18. The first-order valence-electron chi connectivity index (χ1n) is 5.75. The maximum absolute atomic E-state index is 6.18. The molecule has 0 aliphatic carbocycles. The molecule has 0 saturated carbocycles. The average molecular weight is 260 g/mol. The fourth-order valence-electron chi connectivity index (χ4n) is 1.95. The van der Waals surface area contributed by atoms with Gasteiger partial charge in [-0.15, -0.1) is 0 Å². The van der Waals surface area contributed by atoms with E-state index in [0.29, 0.717) is 5.15 Å². The molecule has 1 aromatic heterocycles. The number of ether oxygens (including phenoxy) is 1. The average Bonchev–Trinajstić information content (AvgIpc) is 2.44. The lowest BCUT2D eigenvalue weighted by Gasteiger charge is -2.26. The number of aromatic nitrogens is 2. The van der Waals surface area contributed by atoms with E-state index in [0.717, 1.165) is 24.1 Å². The van der Waals surface area contributed by atoms with Crippen LogP contribution in [0.1, 0.15) is 31.5 Å². The van der Waals surface area contributed by atoms with Gasteiger partial charge in [-0.2, -0.15) is 5.10 Å². The topological polar surface area (TPSA) is 53.1 Å². The summed E-state index contributed by atoms with van der Waals surface area (Å²) in [5, 5.41) is 4.95. The van der Waals surface area contributed by atoms with Crippen LogP contribution in [-0.4, -0.2) is 28.5 Å². The van der Waals surface area contributed by atoms with Crippen LogP contribution in [0.4, 0.5) is 0 Å². The molecule has 1 aromatic rings. The van der Waals surface area contributed by atoms with Crippen LogP contribution in [-0.2, 0) is 18.2 Å². The van der Waals surface area contributed by atoms with Crippen molar-refractivity contribution in [3.63, 3.8) is 0 Å². The monoisotopic (exact) mass is 259 g/mol. The van der Waals surface area contributed by atoms with Gasteiger partial charge in [-0.3, -0.25) is 4.68 Å². The molecule has 4 nitrogen and oxygen atoms in total. The van der Waals surface area contributed by atoms with Gasteiger partial charge >= 0.3 is 0 Å². The van der Waals surface area contributed by atoms with E-state index in [1.807, 2.05) is 27.8 Å². The highest BCUT2D eigenvalue weighted by Crippen LogP contribution is 2.23. The van der Waals surface area contributed by atoms with E-state index in [4.69, 9.17) is 22.1 Å². The largest absolute Gasteiger partial charge is 0.379 e. The summed E-state index contributed by atoms with van der Waals surface area (Å²) in [5.74, 6) is 0. The number of nitrogens with two attached hydrogens (primary N) is 1. The minimum atomic E-state index is -0.206. The SMILES string of the molecule is COC(C)(C)CC(N)Cc1c(C)nn(C)c1Cl. The molecule has 0 spiro atoms. The smallest absolute Gasteiger partial charge is 0.130 e. The maximum Gasteiger partial charge on any atom is 0.130 e. The molecule has 0 saturated heterocycles. The van der Waals surface area contributed by atoms with Gasteiger partial charge in [-0.1, -0.05) is 11.6 Å². The molecule has 1 heterocycles. The second kappa shape index (κ2) is 5.38. The fraction of sp³-hybridized carbons (Fsp3) is 0.750. The molecule has 0 bridgehead atoms. The zero-order valence-corrected chi connectivity index (χ0v) is 12.0. The van der Waals surface area contributed by atoms with Crippen molar-refractivity contribution in [1.29, 1.82) is 0 Å². The summed E-state index contributed by atoms with van der Waals surface area (Å²) in [4.78, 5) is 0. The van der Waals surface area contributed by atoms with Crippen molar-refractivity contribution in [2.24, 2.45) is 12.8 Å². The number of aryl methyl sites for hydroxylation is 2. The number of rotatable bonds is 5. The zero-order chi connectivity index (χ0) is 13.2. The van der Waals surface area contributed by atoms with Gasteiger partial charge in [0.2, 0.25) is 0 Å². The summed E-state index contributed by atoms with van der Waals surface area (Å²) < 4.78 is 7.06. The van der Waals surface area contributed by atoms with Crippen LogP contribution in [0.3, 0.4) is 0 Å². The Labute approximate surface area is 108 Å². The van der Waals surface area contributed by atoms with Crippen molar-refractivity contribution >= 4 is 11.6 Å². The summed E-state index contributed by atoms with van der Waals surface area (Å²) in [6.45, 7) is 6.02. The minimum Gasteiger partial charge on any atom is -0.379 e. The quantitative estimate of drug-likeness (QED) is 0.881. The molecule has 0 aliphatic rings. The molecule has 2 N–H and O–H groups in total. The van der Waals surface area contributed by atoms with Crippen LogP contribution in [0, 0.1) is 6.92 Å². The third-order valence-electron chi connectivity index (χ3n) is 3.04.